The van der Waals surface area contributed by atoms with Crippen LogP contribution < -0.4 is 5.32 Å². The van der Waals surface area contributed by atoms with Gasteiger partial charge in [-0.25, -0.2) is 17.6 Å². The minimum Gasteiger partial charge on any atom is -0.313 e. The van der Waals surface area contributed by atoms with Gasteiger partial charge in [0.2, 0.25) is 0 Å². The fraction of sp³-hybridized carbons (Fsp3) is 0.200. The van der Waals surface area contributed by atoms with Crippen LogP contribution in [0.2, 0.25) is 0 Å². The van der Waals surface area contributed by atoms with Crippen LogP contribution in [0.15, 0.2) is 36.4 Å². The first-order valence-corrected chi connectivity index (χ1v) is 6.08. The third-order valence-corrected chi connectivity index (χ3v) is 3.16. The van der Waals surface area contributed by atoms with E-state index in [2.05, 4.69) is 5.32 Å². The molecule has 0 aliphatic rings. The second-order valence-corrected chi connectivity index (χ2v) is 4.41. The van der Waals surface area contributed by atoms with Crippen LogP contribution in [0.25, 0.3) is 0 Å². The summed E-state index contributed by atoms with van der Waals surface area (Å²) in [6.45, 7) is 0. The van der Waals surface area contributed by atoms with Gasteiger partial charge in [-0.15, -0.1) is 0 Å². The van der Waals surface area contributed by atoms with Gasteiger partial charge < -0.3 is 5.32 Å². The zero-order chi connectivity index (χ0) is 14.7. The van der Waals surface area contributed by atoms with E-state index in [4.69, 9.17) is 0 Å². The smallest absolute Gasteiger partial charge is 0.130 e. The number of likely N-dealkylation sites (N-methyl/N-ethyl adjacent to an activating group) is 1. The van der Waals surface area contributed by atoms with Crippen LogP contribution in [0.3, 0.4) is 0 Å². The zero-order valence-corrected chi connectivity index (χ0v) is 10.8. The molecule has 0 amide bonds. The molecule has 0 heterocycles. The van der Waals surface area contributed by atoms with Crippen LogP contribution in [-0.4, -0.2) is 7.05 Å². The summed E-state index contributed by atoms with van der Waals surface area (Å²) in [5, 5.41) is 2.79. The number of hydrogen-bond donors (Lipinski definition) is 1. The topological polar surface area (TPSA) is 12.0 Å². The van der Waals surface area contributed by atoms with Crippen molar-refractivity contribution in [1.82, 2.24) is 5.32 Å². The minimum absolute atomic E-state index is 0.0719. The Balaban J connectivity index is 2.34. The van der Waals surface area contributed by atoms with Crippen molar-refractivity contribution in [2.45, 2.75) is 12.5 Å². The number of hydrogen-bond acceptors (Lipinski definition) is 1. The lowest BCUT2D eigenvalue weighted by atomic mass is 9.97. The van der Waals surface area contributed by atoms with Gasteiger partial charge in [0.15, 0.2) is 0 Å². The molecule has 1 nitrogen and oxygen atoms in total. The highest BCUT2D eigenvalue weighted by Crippen LogP contribution is 2.24. The van der Waals surface area contributed by atoms with Crippen LogP contribution in [-0.2, 0) is 6.42 Å². The Hall–Kier alpha value is -1.88. The molecule has 0 aromatic heterocycles. The summed E-state index contributed by atoms with van der Waals surface area (Å²) in [7, 11) is 1.55. The third kappa shape index (κ3) is 2.99. The van der Waals surface area contributed by atoms with Crippen molar-refractivity contribution in [1.29, 1.82) is 0 Å². The maximum atomic E-state index is 13.7. The van der Waals surface area contributed by atoms with Gasteiger partial charge >= 0.3 is 0 Å². The molecule has 2 aromatic rings. The summed E-state index contributed by atoms with van der Waals surface area (Å²) in [4.78, 5) is 0. The van der Waals surface area contributed by atoms with Gasteiger partial charge in [-0.3, -0.25) is 0 Å². The highest BCUT2D eigenvalue weighted by molar-refractivity contribution is 5.27. The lowest BCUT2D eigenvalue weighted by Gasteiger charge is -2.18. The van der Waals surface area contributed by atoms with Crippen LogP contribution in [0, 0.1) is 23.3 Å². The molecular weight excluding hydrogens is 270 g/mol. The van der Waals surface area contributed by atoms with E-state index in [1.807, 2.05) is 0 Å². The highest BCUT2D eigenvalue weighted by atomic mass is 19.1. The summed E-state index contributed by atoms with van der Waals surface area (Å²) < 4.78 is 53.8. The minimum atomic E-state index is -0.749. The summed E-state index contributed by atoms with van der Waals surface area (Å²) >= 11 is 0. The lowest BCUT2D eigenvalue weighted by molar-refractivity contribution is 0.492. The van der Waals surface area contributed by atoms with E-state index in [1.165, 1.54) is 12.1 Å². The molecule has 0 bridgehead atoms. The molecule has 2 aromatic carbocycles. The molecule has 0 aliphatic carbocycles. The molecule has 0 saturated heterocycles. The maximum absolute atomic E-state index is 13.7. The molecule has 5 heteroatoms. The van der Waals surface area contributed by atoms with Gasteiger partial charge in [0.1, 0.15) is 23.3 Å². The molecule has 0 aliphatic heterocycles. The van der Waals surface area contributed by atoms with E-state index < -0.39 is 29.3 Å². The molecule has 0 radical (unpaired) electrons. The first-order chi connectivity index (χ1) is 9.52. The number of nitrogens with one attached hydrogen (secondary N) is 1. The molecule has 1 unspecified atom stereocenters. The van der Waals surface area contributed by atoms with E-state index in [0.717, 1.165) is 24.3 Å². The lowest BCUT2D eigenvalue weighted by Crippen LogP contribution is -2.21. The van der Waals surface area contributed by atoms with Crippen molar-refractivity contribution in [2.24, 2.45) is 0 Å². The first-order valence-electron chi connectivity index (χ1n) is 6.08. The maximum Gasteiger partial charge on any atom is 0.130 e. The Morgan fingerprint density at radius 2 is 1.60 bits per heavy atom. The predicted molar refractivity (Wildman–Crippen MR) is 68.2 cm³/mol. The van der Waals surface area contributed by atoms with Gasteiger partial charge in [-0.1, -0.05) is 12.1 Å². The monoisotopic (exact) mass is 283 g/mol. The largest absolute Gasteiger partial charge is 0.313 e. The van der Waals surface area contributed by atoms with Crippen molar-refractivity contribution in [2.75, 3.05) is 7.05 Å². The quantitative estimate of drug-likeness (QED) is 0.843. The Kier molecular flexibility index (Phi) is 4.39. The van der Waals surface area contributed by atoms with Gasteiger partial charge in [-0.2, -0.15) is 0 Å². The summed E-state index contributed by atoms with van der Waals surface area (Å²) in [6, 6.07) is 6.03. The molecule has 2 rings (SSSR count). The molecule has 0 saturated carbocycles. The van der Waals surface area contributed by atoms with Crippen LogP contribution >= 0.6 is 0 Å². The van der Waals surface area contributed by atoms with E-state index in [9.17, 15) is 17.6 Å². The summed E-state index contributed by atoms with van der Waals surface area (Å²) in [6.07, 6.45) is -0.0719. The number of benzene rings is 2. The Bertz CT molecular complexity index is 593. The van der Waals surface area contributed by atoms with Gasteiger partial charge in [0.05, 0.1) is 0 Å². The van der Waals surface area contributed by atoms with E-state index in [1.54, 1.807) is 7.05 Å². The molecule has 1 N–H and O–H groups in total. The molecule has 0 fully saturated rings. The van der Waals surface area contributed by atoms with Crippen molar-refractivity contribution >= 4 is 0 Å². The normalized spacial score (nSPS) is 12.4. The van der Waals surface area contributed by atoms with E-state index >= 15 is 0 Å². The number of halogens is 4. The van der Waals surface area contributed by atoms with Crippen molar-refractivity contribution in [3.05, 3.63) is 70.8 Å². The SMILES string of the molecule is CNC(Cc1c(F)cccc1F)c1ccc(F)cc1F. The van der Waals surface area contributed by atoms with Gasteiger partial charge in [0.25, 0.3) is 0 Å². The second-order valence-electron chi connectivity index (χ2n) is 4.41. The fourth-order valence-electron chi connectivity index (χ4n) is 2.08. The van der Waals surface area contributed by atoms with Crippen molar-refractivity contribution in [3.8, 4) is 0 Å². The van der Waals surface area contributed by atoms with Crippen molar-refractivity contribution < 1.29 is 17.6 Å². The number of rotatable bonds is 4. The van der Waals surface area contributed by atoms with Crippen LogP contribution in [0.4, 0.5) is 17.6 Å². The van der Waals surface area contributed by atoms with Gasteiger partial charge in [0, 0.05) is 23.2 Å². The highest BCUT2D eigenvalue weighted by Gasteiger charge is 2.19. The Labute approximate surface area is 114 Å². The summed E-state index contributed by atoms with van der Waals surface area (Å²) in [5.74, 6) is -2.82. The Morgan fingerprint density at radius 1 is 0.950 bits per heavy atom. The van der Waals surface area contributed by atoms with E-state index in [-0.39, 0.29) is 17.5 Å². The van der Waals surface area contributed by atoms with Crippen molar-refractivity contribution in [3.63, 3.8) is 0 Å². The molecular formula is C15H13F4N. The predicted octanol–water partition coefficient (Wildman–Crippen LogP) is 3.75. The third-order valence-electron chi connectivity index (χ3n) is 3.16. The standard InChI is InChI=1S/C15H13F4N/c1-20-15(10-6-5-9(16)7-14(10)19)8-11-12(17)3-2-4-13(11)18/h2-7,15,20H,8H2,1H3. The zero-order valence-electron chi connectivity index (χ0n) is 10.8. The molecule has 1 atom stereocenters. The van der Waals surface area contributed by atoms with Gasteiger partial charge in [-0.05, 0) is 31.7 Å². The molecule has 106 valence electrons. The second kappa shape index (κ2) is 6.05. The van der Waals surface area contributed by atoms with Crippen LogP contribution in [0.1, 0.15) is 17.2 Å². The average Bonchev–Trinajstić information content (AvgIpc) is 2.40. The van der Waals surface area contributed by atoms with E-state index in [0.29, 0.717) is 0 Å². The van der Waals surface area contributed by atoms with Crippen LogP contribution in [0.5, 0.6) is 0 Å². The first kappa shape index (κ1) is 14.5. The average molecular weight is 283 g/mol. The Morgan fingerprint density at radius 3 is 2.15 bits per heavy atom. The fourth-order valence-corrected chi connectivity index (χ4v) is 2.08. The molecule has 0 spiro atoms. The molecule has 20 heavy (non-hydrogen) atoms. The summed E-state index contributed by atoms with van der Waals surface area (Å²) in [5.41, 5.74) is 0.0344.